The smallest absolute Gasteiger partial charge is 0.230 e. The Morgan fingerprint density at radius 3 is 2.55 bits per heavy atom. The molecule has 160 valence electrons. The van der Waals surface area contributed by atoms with Crippen LogP contribution < -0.4 is 10.1 Å². The van der Waals surface area contributed by atoms with Gasteiger partial charge in [0.25, 0.3) is 0 Å². The number of nitrogens with zero attached hydrogens (tertiary/aromatic N) is 4. The van der Waals surface area contributed by atoms with Gasteiger partial charge in [0.1, 0.15) is 5.75 Å². The third-order valence-electron chi connectivity index (χ3n) is 4.77. The van der Waals surface area contributed by atoms with Crippen LogP contribution in [0.15, 0.2) is 29.4 Å². The van der Waals surface area contributed by atoms with Gasteiger partial charge in [-0.2, -0.15) is 0 Å². The number of rotatable bonds is 12. The SMILES string of the molecule is CCCCn1c(SCC(=O)NCc2ccc(OC)cc2)nnc1[C@@H](CC)N(C)C. The molecule has 1 N–H and O–H groups in total. The van der Waals surface area contributed by atoms with Crippen LogP contribution in [-0.4, -0.2) is 52.5 Å². The quantitative estimate of drug-likeness (QED) is 0.531. The van der Waals surface area contributed by atoms with Gasteiger partial charge in [-0.3, -0.25) is 9.69 Å². The zero-order chi connectivity index (χ0) is 21.2. The number of hydrogen-bond acceptors (Lipinski definition) is 6. The number of carbonyl (C=O) groups is 1. The topological polar surface area (TPSA) is 72.3 Å². The fourth-order valence-electron chi connectivity index (χ4n) is 3.08. The van der Waals surface area contributed by atoms with Gasteiger partial charge in [0.05, 0.1) is 18.9 Å². The molecule has 0 saturated heterocycles. The summed E-state index contributed by atoms with van der Waals surface area (Å²) in [6.07, 6.45) is 3.12. The van der Waals surface area contributed by atoms with Crippen LogP contribution >= 0.6 is 11.8 Å². The summed E-state index contributed by atoms with van der Waals surface area (Å²) in [5, 5.41) is 12.6. The van der Waals surface area contributed by atoms with Crippen molar-refractivity contribution in [2.75, 3.05) is 27.0 Å². The van der Waals surface area contributed by atoms with E-state index in [1.54, 1.807) is 7.11 Å². The van der Waals surface area contributed by atoms with Gasteiger partial charge >= 0.3 is 0 Å². The predicted octanol–water partition coefficient (Wildman–Crippen LogP) is 3.51. The van der Waals surface area contributed by atoms with Gasteiger partial charge in [-0.15, -0.1) is 10.2 Å². The first kappa shape index (κ1) is 23.2. The minimum Gasteiger partial charge on any atom is -0.497 e. The highest BCUT2D eigenvalue weighted by Gasteiger charge is 2.22. The van der Waals surface area contributed by atoms with E-state index < -0.39 is 0 Å². The lowest BCUT2D eigenvalue weighted by atomic mass is 10.2. The summed E-state index contributed by atoms with van der Waals surface area (Å²) in [6.45, 7) is 5.70. The summed E-state index contributed by atoms with van der Waals surface area (Å²) in [4.78, 5) is 14.5. The van der Waals surface area contributed by atoms with E-state index in [4.69, 9.17) is 4.74 Å². The zero-order valence-electron chi connectivity index (χ0n) is 18.1. The highest BCUT2D eigenvalue weighted by Crippen LogP contribution is 2.25. The Morgan fingerprint density at radius 2 is 1.97 bits per heavy atom. The van der Waals surface area contributed by atoms with E-state index in [0.717, 1.165) is 48.1 Å². The largest absolute Gasteiger partial charge is 0.497 e. The molecule has 1 aromatic carbocycles. The number of hydrogen-bond donors (Lipinski definition) is 1. The summed E-state index contributed by atoms with van der Waals surface area (Å²) < 4.78 is 7.33. The van der Waals surface area contributed by atoms with E-state index in [1.807, 2.05) is 24.3 Å². The molecule has 2 aromatic rings. The molecule has 0 fully saturated rings. The number of methoxy groups -OCH3 is 1. The Bertz CT molecular complexity index is 761. The average Bonchev–Trinajstić information content (AvgIpc) is 3.12. The van der Waals surface area contributed by atoms with Crippen LogP contribution in [0.3, 0.4) is 0 Å². The lowest BCUT2D eigenvalue weighted by molar-refractivity contribution is -0.118. The summed E-state index contributed by atoms with van der Waals surface area (Å²) in [6, 6.07) is 7.90. The van der Waals surface area contributed by atoms with Gasteiger partial charge in [0, 0.05) is 13.1 Å². The normalized spacial score (nSPS) is 12.2. The van der Waals surface area contributed by atoms with E-state index in [2.05, 4.69) is 52.9 Å². The van der Waals surface area contributed by atoms with Crippen molar-refractivity contribution in [3.05, 3.63) is 35.7 Å². The molecule has 0 saturated carbocycles. The number of unbranched alkanes of at least 4 members (excludes halogenated alkanes) is 1. The van der Waals surface area contributed by atoms with Crippen molar-refractivity contribution in [3.8, 4) is 5.75 Å². The van der Waals surface area contributed by atoms with Crippen molar-refractivity contribution >= 4 is 17.7 Å². The number of aromatic nitrogens is 3. The van der Waals surface area contributed by atoms with Crippen molar-refractivity contribution in [3.63, 3.8) is 0 Å². The summed E-state index contributed by atoms with van der Waals surface area (Å²) in [5.74, 6) is 2.09. The molecular formula is C21H33N5O2S. The van der Waals surface area contributed by atoms with Crippen LogP contribution in [-0.2, 0) is 17.9 Å². The van der Waals surface area contributed by atoms with Gasteiger partial charge in [-0.25, -0.2) is 0 Å². The minimum absolute atomic E-state index is 0.0166. The molecule has 1 amide bonds. The number of amides is 1. The number of nitrogens with one attached hydrogen (secondary N) is 1. The molecule has 1 atom stereocenters. The lowest BCUT2D eigenvalue weighted by Crippen LogP contribution is -2.25. The maximum Gasteiger partial charge on any atom is 0.230 e. The second-order valence-corrected chi connectivity index (χ2v) is 8.09. The van der Waals surface area contributed by atoms with Crippen LogP contribution in [0.5, 0.6) is 5.75 Å². The Labute approximate surface area is 178 Å². The molecule has 7 nitrogen and oxygen atoms in total. The lowest BCUT2D eigenvalue weighted by Gasteiger charge is -2.23. The molecule has 2 rings (SSSR count). The zero-order valence-corrected chi connectivity index (χ0v) is 19.0. The highest BCUT2D eigenvalue weighted by atomic mass is 32.2. The number of carbonyl (C=O) groups excluding carboxylic acids is 1. The Morgan fingerprint density at radius 1 is 1.24 bits per heavy atom. The predicted molar refractivity (Wildman–Crippen MR) is 117 cm³/mol. The number of thioether (sulfide) groups is 1. The molecule has 0 bridgehead atoms. The number of benzene rings is 1. The van der Waals surface area contributed by atoms with Crippen LogP contribution in [0, 0.1) is 0 Å². The third kappa shape index (κ3) is 6.75. The molecule has 0 aliphatic heterocycles. The minimum atomic E-state index is -0.0166. The summed E-state index contributed by atoms with van der Waals surface area (Å²) in [7, 11) is 5.76. The van der Waals surface area contributed by atoms with E-state index in [9.17, 15) is 4.79 Å². The van der Waals surface area contributed by atoms with E-state index in [1.165, 1.54) is 11.8 Å². The second-order valence-electron chi connectivity index (χ2n) is 7.15. The first-order valence-corrected chi connectivity index (χ1v) is 11.1. The monoisotopic (exact) mass is 419 g/mol. The Kier molecular flexibility index (Phi) is 9.47. The first-order chi connectivity index (χ1) is 14.0. The third-order valence-corrected chi connectivity index (χ3v) is 5.74. The maximum absolute atomic E-state index is 12.3. The molecule has 29 heavy (non-hydrogen) atoms. The van der Waals surface area contributed by atoms with E-state index in [-0.39, 0.29) is 11.9 Å². The van der Waals surface area contributed by atoms with Crippen molar-refractivity contribution < 1.29 is 9.53 Å². The number of ether oxygens (including phenoxy) is 1. The fraction of sp³-hybridized carbons (Fsp3) is 0.571. The molecule has 1 heterocycles. The van der Waals surface area contributed by atoms with Crippen molar-refractivity contribution in [1.29, 1.82) is 0 Å². The second kappa shape index (κ2) is 11.8. The molecule has 0 aliphatic rings. The Hall–Kier alpha value is -2.06. The van der Waals surface area contributed by atoms with Gasteiger partial charge in [0.2, 0.25) is 5.91 Å². The van der Waals surface area contributed by atoms with Crippen LogP contribution in [0.4, 0.5) is 0 Å². The standard InChI is InChI=1S/C21H33N5O2S/c1-6-8-13-26-20(18(7-2)25(3)4)23-24-21(26)29-15-19(27)22-14-16-9-11-17(28-5)12-10-16/h9-12,18H,6-8,13-15H2,1-5H3,(H,22,27)/t18-/m1/s1. The molecule has 8 heteroatoms. The van der Waals surface area contributed by atoms with Gasteiger partial charge < -0.3 is 14.6 Å². The molecule has 0 spiro atoms. The van der Waals surface area contributed by atoms with E-state index in [0.29, 0.717) is 12.3 Å². The van der Waals surface area contributed by atoms with E-state index >= 15 is 0 Å². The van der Waals surface area contributed by atoms with Gasteiger partial charge in [0.15, 0.2) is 11.0 Å². The fourth-order valence-corrected chi connectivity index (χ4v) is 3.88. The van der Waals surface area contributed by atoms with Crippen molar-refractivity contribution in [2.45, 2.75) is 57.4 Å². The highest BCUT2D eigenvalue weighted by molar-refractivity contribution is 7.99. The average molecular weight is 420 g/mol. The molecule has 0 radical (unpaired) electrons. The van der Waals surface area contributed by atoms with Crippen molar-refractivity contribution in [2.24, 2.45) is 0 Å². The Balaban J connectivity index is 1.97. The van der Waals surface area contributed by atoms with Crippen molar-refractivity contribution in [1.82, 2.24) is 25.0 Å². The summed E-state index contributed by atoms with van der Waals surface area (Å²) >= 11 is 1.45. The van der Waals surface area contributed by atoms with Crippen LogP contribution in [0.1, 0.15) is 50.5 Å². The van der Waals surface area contributed by atoms with Gasteiger partial charge in [-0.1, -0.05) is 44.2 Å². The molecular weight excluding hydrogens is 386 g/mol. The molecule has 1 aromatic heterocycles. The van der Waals surface area contributed by atoms with Crippen LogP contribution in [0.2, 0.25) is 0 Å². The maximum atomic E-state index is 12.3. The molecule has 0 aliphatic carbocycles. The van der Waals surface area contributed by atoms with Crippen LogP contribution in [0.25, 0.3) is 0 Å². The molecule has 0 unspecified atom stereocenters. The summed E-state index contributed by atoms with van der Waals surface area (Å²) in [5.41, 5.74) is 1.04. The van der Waals surface area contributed by atoms with Gasteiger partial charge in [-0.05, 0) is 44.6 Å². The first-order valence-electron chi connectivity index (χ1n) is 10.1.